The van der Waals surface area contributed by atoms with Crippen LogP contribution in [0.3, 0.4) is 0 Å². The summed E-state index contributed by atoms with van der Waals surface area (Å²) in [5.41, 5.74) is 4.62. The second-order valence-electron chi connectivity index (χ2n) is 4.51. The number of hydrogen-bond donors (Lipinski definition) is 1. The number of furan rings is 1. The number of rotatable bonds is 3. The van der Waals surface area contributed by atoms with Gasteiger partial charge in [-0.3, -0.25) is 0 Å². The Morgan fingerprint density at radius 1 is 1.00 bits per heavy atom. The van der Waals surface area contributed by atoms with Crippen LogP contribution in [0, 0.1) is 6.92 Å². The van der Waals surface area contributed by atoms with E-state index in [1.54, 1.807) is 6.26 Å². The summed E-state index contributed by atoms with van der Waals surface area (Å²) in [5.74, 6) is 0. The molecule has 0 aliphatic rings. The minimum atomic E-state index is 0.837. The molecule has 1 aromatic heterocycles. The van der Waals surface area contributed by atoms with Crippen LogP contribution in [0.25, 0.3) is 11.0 Å². The summed E-state index contributed by atoms with van der Waals surface area (Å²) in [6.07, 6.45) is 1.72. The van der Waals surface area contributed by atoms with E-state index in [1.807, 2.05) is 18.2 Å². The predicted molar refractivity (Wildman–Crippen MR) is 74.7 cm³/mol. The fraction of sp³-hybridized carbons (Fsp3) is 0.125. The van der Waals surface area contributed by atoms with Gasteiger partial charge >= 0.3 is 0 Å². The number of nitrogens with one attached hydrogen (secondary N) is 1. The van der Waals surface area contributed by atoms with E-state index in [-0.39, 0.29) is 0 Å². The van der Waals surface area contributed by atoms with Crippen molar-refractivity contribution in [2.24, 2.45) is 0 Å². The third kappa shape index (κ3) is 2.23. The van der Waals surface area contributed by atoms with E-state index in [0.717, 1.165) is 23.2 Å². The second-order valence-corrected chi connectivity index (χ2v) is 4.51. The van der Waals surface area contributed by atoms with Crippen LogP contribution in [0.2, 0.25) is 0 Å². The Bertz CT molecular complexity index is 652. The maximum Gasteiger partial charge on any atom is 0.133 e. The average molecular weight is 237 g/mol. The number of aryl methyl sites for hydroxylation is 1. The van der Waals surface area contributed by atoms with Crippen LogP contribution >= 0.6 is 0 Å². The lowest BCUT2D eigenvalue weighted by molar-refractivity contribution is 0.616. The van der Waals surface area contributed by atoms with Gasteiger partial charge in [0.05, 0.1) is 6.26 Å². The van der Waals surface area contributed by atoms with Crippen LogP contribution in [-0.4, -0.2) is 0 Å². The highest BCUT2D eigenvalue weighted by Crippen LogP contribution is 2.20. The normalized spacial score (nSPS) is 10.7. The summed E-state index contributed by atoms with van der Waals surface area (Å²) in [5, 5.41) is 4.55. The summed E-state index contributed by atoms with van der Waals surface area (Å²) >= 11 is 0. The molecule has 18 heavy (non-hydrogen) atoms. The van der Waals surface area contributed by atoms with Gasteiger partial charge in [-0.15, -0.1) is 0 Å². The molecule has 0 saturated carbocycles. The summed E-state index contributed by atoms with van der Waals surface area (Å²) < 4.78 is 5.32. The quantitative estimate of drug-likeness (QED) is 0.732. The average Bonchev–Trinajstić information content (AvgIpc) is 2.85. The zero-order chi connectivity index (χ0) is 12.4. The summed E-state index contributed by atoms with van der Waals surface area (Å²) in [6.45, 7) is 2.94. The molecule has 0 spiro atoms. The molecule has 0 aliphatic carbocycles. The van der Waals surface area contributed by atoms with Gasteiger partial charge < -0.3 is 9.73 Å². The molecule has 90 valence electrons. The number of benzene rings is 2. The highest BCUT2D eigenvalue weighted by Gasteiger charge is 1.98. The van der Waals surface area contributed by atoms with Crippen molar-refractivity contribution in [3.05, 3.63) is 65.9 Å². The van der Waals surface area contributed by atoms with Crippen LogP contribution < -0.4 is 5.32 Å². The molecule has 2 heteroatoms. The van der Waals surface area contributed by atoms with Crippen molar-refractivity contribution < 1.29 is 4.42 Å². The van der Waals surface area contributed by atoms with Crippen molar-refractivity contribution in [1.29, 1.82) is 0 Å². The molecule has 0 saturated heterocycles. The fourth-order valence-corrected chi connectivity index (χ4v) is 1.99. The van der Waals surface area contributed by atoms with E-state index >= 15 is 0 Å². The van der Waals surface area contributed by atoms with Gasteiger partial charge in [-0.05, 0) is 36.8 Å². The van der Waals surface area contributed by atoms with Crippen LogP contribution in [0.15, 0.2) is 59.2 Å². The van der Waals surface area contributed by atoms with Gasteiger partial charge in [0.2, 0.25) is 0 Å². The van der Waals surface area contributed by atoms with Crippen molar-refractivity contribution in [1.82, 2.24) is 0 Å². The van der Waals surface area contributed by atoms with E-state index in [1.165, 1.54) is 11.1 Å². The molecule has 2 nitrogen and oxygen atoms in total. The van der Waals surface area contributed by atoms with E-state index in [2.05, 4.69) is 42.6 Å². The SMILES string of the molecule is Cc1ccc(CNc2ccc3occc3c2)cc1. The Morgan fingerprint density at radius 3 is 2.67 bits per heavy atom. The van der Waals surface area contributed by atoms with E-state index in [9.17, 15) is 0 Å². The molecule has 1 N–H and O–H groups in total. The first kappa shape index (κ1) is 10.9. The zero-order valence-electron chi connectivity index (χ0n) is 10.3. The topological polar surface area (TPSA) is 25.2 Å². The second kappa shape index (κ2) is 4.57. The predicted octanol–water partition coefficient (Wildman–Crippen LogP) is 4.35. The van der Waals surface area contributed by atoms with Gasteiger partial charge in [0.15, 0.2) is 0 Å². The molecule has 0 radical (unpaired) electrons. The molecule has 0 fully saturated rings. The first-order valence-electron chi connectivity index (χ1n) is 6.08. The van der Waals surface area contributed by atoms with Crippen molar-refractivity contribution >= 4 is 16.7 Å². The summed E-state index contributed by atoms with van der Waals surface area (Å²) in [7, 11) is 0. The summed E-state index contributed by atoms with van der Waals surface area (Å²) in [6, 6.07) is 16.7. The standard InChI is InChI=1S/C16H15NO/c1-12-2-4-13(5-3-12)11-17-15-6-7-16-14(10-15)8-9-18-16/h2-10,17H,11H2,1H3. The molecule has 3 aromatic rings. The molecule has 0 amide bonds. The molecule has 0 atom stereocenters. The fourth-order valence-electron chi connectivity index (χ4n) is 1.99. The molecule has 3 rings (SSSR count). The Labute approximate surface area is 106 Å². The van der Waals surface area contributed by atoms with Crippen molar-refractivity contribution in [3.8, 4) is 0 Å². The molecule has 0 aliphatic heterocycles. The lowest BCUT2D eigenvalue weighted by Gasteiger charge is -2.06. The van der Waals surface area contributed by atoms with E-state index in [4.69, 9.17) is 4.42 Å². The van der Waals surface area contributed by atoms with Gasteiger partial charge in [0.1, 0.15) is 5.58 Å². The first-order valence-corrected chi connectivity index (χ1v) is 6.08. The lowest BCUT2D eigenvalue weighted by atomic mass is 10.1. The van der Waals surface area contributed by atoms with Crippen LogP contribution in [0.1, 0.15) is 11.1 Å². The van der Waals surface area contributed by atoms with E-state index < -0.39 is 0 Å². The zero-order valence-corrected chi connectivity index (χ0v) is 10.3. The van der Waals surface area contributed by atoms with Crippen molar-refractivity contribution in [3.63, 3.8) is 0 Å². The monoisotopic (exact) mass is 237 g/mol. The van der Waals surface area contributed by atoms with Gasteiger partial charge in [0.25, 0.3) is 0 Å². The Kier molecular flexibility index (Phi) is 2.77. The Balaban J connectivity index is 1.74. The highest BCUT2D eigenvalue weighted by molar-refractivity contribution is 5.81. The molecular weight excluding hydrogens is 222 g/mol. The molecule has 2 aromatic carbocycles. The summed E-state index contributed by atoms with van der Waals surface area (Å²) in [4.78, 5) is 0. The molecule has 1 heterocycles. The van der Waals surface area contributed by atoms with Gasteiger partial charge in [-0.25, -0.2) is 0 Å². The lowest BCUT2D eigenvalue weighted by Crippen LogP contribution is -1.98. The Hall–Kier alpha value is -2.22. The highest BCUT2D eigenvalue weighted by atomic mass is 16.3. The van der Waals surface area contributed by atoms with Crippen LogP contribution in [-0.2, 0) is 6.54 Å². The molecule has 0 unspecified atom stereocenters. The van der Waals surface area contributed by atoms with Crippen LogP contribution in [0.5, 0.6) is 0 Å². The maximum absolute atomic E-state index is 5.32. The third-order valence-electron chi connectivity index (χ3n) is 3.07. The number of anilines is 1. The minimum Gasteiger partial charge on any atom is -0.464 e. The first-order chi connectivity index (χ1) is 8.81. The minimum absolute atomic E-state index is 0.837. The number of hydrogen-bond acceptors (Lipinski definition) is 2. The van der Waals surface area contributed by atoms with Crippen molar-refractivity contribution in [2.45, 2.75) is 13.5 Å². The largest absolute Gasteiger partial charge is 0.464 e. The Morgan fingerprint density at radius 2 is 1.83 bits per heavy atom. The van der Waals surface area contributed by atoms with E-state index in [0.29, 0.717) is 0 Å². The molecular formula is C16H15NO. The number of fused-ring (bicyclic) bond motifs is 1. The van der Waals surface area contributed by atoms with Gasteiger partial charge in [0, 0.05) is 17.6 Å². The van der Waals surface area contributed by atoms with Crippen LogP contribution in [0.4, 0.5) is 5.69 Å². The van der Waals surface area contributed by atoms with Gasteiger partial charge in [-0.1, -0.05) is 29.8 Å². The smallest absolute Gasteiger partial charge is 0.133 e. The van der Waals surface area contributed by atoms with Crippen molar-refractivity contribution in [2.75, 3.05) is 5.32 Å². The maximum atomic E-state index is 5.32. The van der Waals surface area contributed by atoms with Gasteiger partial charge in [-0.2, -0.15) is 0 Å². The molecule has 0 bridgehead atoms. The third-order valence-corrected chi connectivity index (χ3v) is 3.07.